The van der Waals surface area contributed by atoms with Crippen LogP contribution in [0.5, 0.6) is 0 Å². The van der Waals surface area contributed by atoms with Gasteiger partial charge in [-0.15, -0.1) is 5.92 Å². The molecule has 1 rings (SSSR count). The lowest BCUT2D eigenvalue weighted by Gasteiger charge is -2.03. The van der Waals surface area contributed by atoms with Crippen molar-refractivity contribution in [2.75, 3.05) is 0 Å². The highest BCUT2D eigenvalue weighted by atomic mass is 16.1. The Morgan fingerprint density at radius 1 is 1.23 bits per heavy atom. The van der Waals surface area contributed by atoms with Crippen LogP contribution in [-0.2, 0) is 4.79 Å². The van der Waals surface area contributed by atoms with Gasteiger partial charge in [-0.05, 0) is 17.8 Å². The van der Waals surface area contributed by atoms with Gasteiger partial charge in [0.25, 0.3) is 0 Å². The zero-order valence-corrected chi connectivity index (χ0v) is 9.19. The molecule has 0 saturated heterocycles. The van der Waals surface area contributed by atoms with E-state index in [9.17, 15) is 4.79 Å². The summed E-state index contributed by atoms with van der Waals surface area (Å²) in [5, 5.41) is 0. The van der Waals surface area contributed by atoms with Crippen LogP contribution >= 0.6 is 0 Å². The van der Waals surface area contributed by atoms with Crippen LogP contribution in [0.4, 0.5) is 0 Å². The Balaban J connectivity index is 2.66. The van der Waals surface area contributed by atoms with Crippen molar-refractivity contribution < 1.29 is 4.79 Å². The van der Waals surface area contributed by atoms with Gasteiger partial charge in [0, 0.05) is 5.92 Å². The van der Waals surface area contributed by atoms with Crippen molar-refractivity contribution in [3.63, 3.8) is 0 Å². The maximum atomic E-state index is 11.7. The third kappa shape index (κ3) is 1.39. The monoisotopic (exact) mass is 178 g/mol. The molecular weight excluding hydrogens is 160 g/mol. The molecule has 0 heterocycles. The molecule has 1 heteroatoms. The Kier molecular flexibility index (Phi) is 2.28. The van der Waals surface area contributed by atoms with Gasteiger partial charge in [0.15, 0.2) is 0 Å². The molecule has 0 aromatic heterocycles. The molecule has 1 fully saturated rings. The minimum absolute atomic E-state index is 0.166. The molecule has 0 bridgehead atoms. The lowest BCUT2D eigenvalue weighted by molar-refractivity contribution is -0.120. The average Bonchev–Trinajstić information content (AvgIpc) is 2.39. The number of carbonyl (C=O) groups is 1. The van der Waals surface area contributed by atoms with E-state index in [0.29, 0.717) is 12.2 Å². The van der Waals surface area contributed by atoms with Gasteiger partial charge >= 0.3 is 0 Å². The topological polar surface area (TPSA) is 17.1 Å². The van der Waals surface area contributed by atoms with Crippen molar-refractivity contribution in [2.24, 2.45) is 16.7 Å². The van der Waals surface area contributed by atoms with Crippen LogP contribution in [0.1, 0.15) is 41.0 Å². The molecule has 1 aliphatic rings. The molecule has 13 heavy (non-hydrogen) atoms. The van der Waals surface area contributed by atoms with E-state index in [-0.39, 0.29) is 16.7 Å². The summed E-state index contributed by atoms with van der Waals surface area (Å²) in [5.41, 5.74) is 0.332. The molecule has 1 nitrogen and oxygen atoms in total. The Morgan fingerprint density at radius 3 is 2.00 bits per heavy atom. The first kappa shape index (κ1) is 10.3. The van der Waals surface area contributed by atoms with Gasteiger partial charge in [-0.25, -0.2) is 0 Å². The van der Waals surface area contributed by atoms with Crippen LogP contribution in [-0.4, -0.2) is 5.78 Å². The number of hydrogen-bond donors (Lipinski definition) is 0. The summed E-state index contributed by atoms with van der Waals surface area (Å²) < 4.78 is 0. The van der Waals surface area contributed by atoms with Gasteiger partial charge in [-0.2, -0.15) is 0 Å². The highest BCUT2D eigenvalue weighted by Crippen LogP contribution is 2.68. The average molecular weight is 178 g/mol. The minimum atomic E-state index is 0.166. The van der Waals surface area contributed by atoms with Gasteiger partial charge in [-0.3, -0.25) is 4.79 Å². The van der Waals surface area contributed by atoms with Gasteiger partial charge in [0.05, 0.1) is 6.42 Å². The number of carbonyl (C=O) groups excluding carboxylic acids is 1. The summed E-state index contributed by atoms with van der Waals surface area (Å²) >= 11 is 0. The van der Waals surface area contributed by atoms with Gasteiger partial charge in [0.2, 0.25) is 0 Å². The van der Waals surface area contributed by atoms with Crippen LogP contribution in [0.25, 0.3) is 0 Å². The van der Waals surface area contributed by atoms with Crippen LogP contribution in [0.15, 0.2) is 0 Å². The van der Waals surface area contributed by atoms with Crippen molar-refractivity contribution in [2.45, 2.75) is 41.0 Å². The summed E-state index contributed by atoms with van der Waals surface area (Å²) in [6, 6.07) is 0. The third-order valence-electron chi connectivity index (χ3n) is 3.78. The van der Waals surface area contributed by atoms with Crippen molar-refractivity contribution in [1.82, 2.24) is 0 Å². The zero-order valence-electron chi connectivity index (χ0n) is 9.19. The standard InChI is InChI=1S/C12H18O/c1-6-7-8-9(13)10-11(2,3)12(10,4)5/h10H,8H2,1-5H3. The number of ketones is 1. The normalized spacial score (nSPS) is 23.2. The van der Waals surface area contributed by atoms with Gasteiger partial charge in [-0.1, -0.05) is 33.6 Å². The molecule has 0 unspecified atom stereocenters. The molecule has 0 aliphatic heterocycles. The molecule has 0 aromatic rings. The molecule has 1 saturated carbocycles. The highest BCUT2D eigenvalue weighted by molar-refractivity contribution is 5.88. The summed E-state index contributed by atoms with van der Waals surface area (Å²) in [7, 11) is 0. The predicted octanol–water partition coefficient (Wildman–Crippen LogP) is 2.65. The second-order valence-electron chi connectivity index (χ2n) is 4.95. The van der Waals surface area contributed by atoms with Crippen LogP contribution < -0.4 is 0 Å². The fourth-order valence-corrected chi connectivity index (χ4v) is 2.28. The third-order valence-corrected chi connectivity index (χ3v) is 3.78. The number of Topliss-reactive ketones (excluding diaryl/α,β-unsaturated/α-hetero) is 1. The largest absolute Gasteiger partial charge is 0.298 e. The first-order valence-corrected chi connectivity index (χ1v) is 4.78. The quantitative estimate of drug-likeness (QED) is 0.594. The molecule has 0 aromatic carbocycles. The molecule has 0 atom stereocenters. The first-order valence-electron chi connectivity index (χ1n) is 4.78. The molecule has 1 aliphatic carbocycles. The summed E-state index contributed by atoms with van der Waals surface area (Å²) in [6.45, 7) is 10.4. The summed E-state index contributed by atoms with van der Waals surface area (Å²) in [5.74, 6) is 6.13. The maximum absolute atomic E-state index is 11.7. The van der Waals surface area contributed by atoms with Crippen LogP contribution in [0, 0.1) is 28.6 Å². The fraction of sp³-hybridized carbons (Fsp3) is 0.750. The van der Waals surface area contributed by atoms with Crippen molar-refractivity contribution >= 4 is 5.78 Å². The van der Waals surface area contributed by atoms with Crippen molar-refractivity contribution in [3.05, 3.63) is 0 Å². The van der Waals surface area contributed by atoms with Crippen LogP contribution in [0.3, 0.4) is 0 Å². The molecule has 0 N–H and O–H groups in total. The Hall–Kier alpha value is -0.770. The van der Waals surface area contributed by atoms with E-state index in [0.717, 1.165) is 0 Å². The Labute approximate surface area is 80.9 Å². The lowest BCUT2D eigenvalue weighted by atomic mass is 10.0. The molecular formula is C12H18O. The lowest BCUT2D eigenvalue weighted by Crippen LogP contribution is -2.05. The predicted molar refractivity (Wildman–Crippen MR) is 54.1 cm³/mol. The smallest absolute Gasteiger partial charge is 0.148 e. The van der Waals surface area contributed by atoms with E-state index in [1.54, 1.807) is 6.92 Å². The Morgan fingerprint density at radius 2 is 1.69 bits per heavy atom. The van der Waals surface area contributed by atoms with Crippen molar-refractivity contribution in [1.29, 1.82) is 0 Å². The molecule has 0 radical (unpaired) electrons. The van der Waals surface area contributed by atoms with E-state index in [2.05, 4.69) is 39.5 Å². The summed E-state index contributed by atoms with van der Waals surface area (Å²) in [6.07, 6.45) is 0.425. The second kappa shape index (κ2) is 2.87. The summed E-state index contributed by atoms with van der Waals surface area (Å²) in [4.78, 5) is 11.7. The maximum Gasteiger partial charge on any atom is 0.148 e. The van der Waals surface area contributed by atoms with E-state index in [1.165, 1.54) is 0 Å². The van der Waals surface area contributed by atoms with E-state index in [4.69, 9.17) is 0 Å². The van der Waals surface area contributed by atoms with E-state index >= 15 is 0 Å². The Bertz CT molecular complexity index is 272. The van der Waals surface area contributed by atoms with Gasteiger partial charge in [0.1, 0.15) is 5.78 Å². The first-order chi connectivity index (χ1) is 5.85. The number of rotatable bonds is 2. The van der Waals surface area contributed by atoms with Crippen molar-refractivity contribution in [3.8, 4) is 11.8 Å². The van der Waals surface area contributed by atoms with E-state index < -0.39 is 0 Å². The zero-order chi connectivity index (χ0) is 10.3. The van der Waals surface area contributed by atoms with E-state index in [1.807, 2.05) is 0 Å². The second-order valence-corrected chi connectivity index (χ2v) is 4.95. The SMILES string of the molecule is CC#CCC(=O)C1C(C)(C)C1(C)C. The number of hydrogen-bond acceptors (Lipinski definition) is 1. The van der Waals surface area contributed by atoms with Gasteiger partial charge < -0.3 is 0 Å². The highest BCUT2D eigenvalue weighted by Gasteiger charge is 2.67. The molecule has 72 valence electrons. The molecule has 0 amide bonds. The van der Waals surface area contributed by atoms with Crippen LogP contribution in [0.2, 0.25) is 0 Å². The minimum Gasteiger partial charge on any atom is -0.298 e. The molecule has 0 spiro atoms. The fourth-order valence-electron chi connectivity index (χ4n) is 2.28.